The van der Waals surface area contributed by atoms with Crippen LogP contribution < -0.4 is 5.73 Å². The second-order valence-electron chi connectivity index (χ2n) is 4.39. The van der Waals surface area contributed by atoms with Crippen LogP contribution in [0.2, 0.25) is 0 Å². The molecular weight excluding hydrogens is 263 g/mol. The summed E-state index contributed by atoms with van der Waals surface area (Å²) in [5, 5.41) is 10.9. The molecule has 1 aromatic heterocycles. The average Bonchev–Trinajstić information content (AvgIpc) is 2.81. The largest absolute Gasteiger partial charge is 0.409 e. The molecule has 1 atom stereocenters. The first kappa shape index (κ1) is 13.7. The lowest BCUT2D eigenvalue weighted by molar-refractivity contribution is -0.161. The molecule has 0 radical (unpaired) electrons. The molecule has 1 aliphatic heterocycles. The smallest absolute Gasteiger partial charge is 0.400 e. The Morgan fingerprint density at radius 1 is 1.53 bits per heavy atom. The standard InChI is InChI=1S/C10H14F3N5O/c11-10(12,13)7(9(14)16-19)5-17-3-4-18-2-1-15-8(18)6-17/h1-2,7,19H,3-6H2,(H2,14,16). The van der Waals surface area contributed by atoms with Crippen molar-refractivity contribution in [1.82, 2.24) is 14.5 Å². The summed E-state index contributed by atoms with van der Waals surface area (Å²) in [6.07, 6.45) is -1.13. The van der Waals surface area contributed by atoms with Gasteiger partial charge in [-0.3, -0.25) is 4.90 Å². The number of hydrogen-bond acceptors (Lipinski definition) is 4. The van der Waals surface area contributed by atoms with Crippen molar-refractivity contribution in [1.29, 1.82) is 0 Å². The van der Waals surface area contributed by atoms with Crippen LogP contribution in [0.15, 0.2) is 17.5 Å². The van der Waals surface area contributed by atoms with E-state index in [-0.39, 0.29) is 6.54 Å². The highest BCUT2D eigenvalue weighted by Crippen LogP contribution is 2.28. The lowest BCUT2D eigenvalue weighted by Gasteiger charge is -2.31. The Labute approximate surface area is 107 Å². The van der Waals surface area contributed by atoms with E-state index in [1.807, 2.05) is 4.57 Å². The van der Waals surface area contributed by atoms with E-state index in [1.165, 1.54) is 0 Å². The van der Waals surface area contributed by atoms with Crippen molar-refractivity contribution in [2.24, 2.45) is 16.8 Å². The van der Waals surface area contributed by atoms with E-state index in [9.17, 15) is 13.2 Å². The summed E-state index contributed by atoms with van der Waals surface area (Å²) in [7, 11) is 0. The van der Waals surface area contributed by atoms with Crippen LogP contribution in [-0.4, -0.2) is 44.8 Å². The first-order valence-electron chi connectivity index (χ1n) is 5.68. The fourth-order valence-corrected chi connectivity index (χ4v) is 2.07. The minimum Gasteiger partial charge on any atom is -0.409 e. The second kappa shape index (κ2) is 5.08. The van der Waals surface area contributed by atoms with Gasteiger partial charge in [-0.1, -0.05) is 5.16 Å². The molecule has 0 fully saturated rings. The number of rotatable bonds is 3. The normalized spacial score (nSPS) is 19.2. The Hall–Kier alpha value is -1.77. The van der Waals surface area contributed by atoms with E-state index < -0.39 is 17.9 Å². The molecule has 1 aromatic rings. The Morgan fingerprint density at radius 3 is 2.89 bits per heavy atom. The highest BCUT2D eigenvalue weighted by molar-refractivity contribution is 5.83. The molecule has 9 heteroatoms. The fourth-order valence-electron chi connectivity index (χ4n) is 2.07. The highest BCUT2D eigenvalue weighted by atomic mass is 19.4. The molecule has 0 aromatic carbocycles. The first-order chi connectivity index (χ1) is 8.91. The van der Waals surface area contributed by atoms with Crippen LogP contribution in [0.5, 0.6) is 0 Å². The number of nitrogens with two attached hydrogens (primary N) is 1. The minimum absolute atomic E-state index is 0.318. The summed E-state index contributed by atoms with van der Waals surface area (Å²) in [6, 6.07) is 0. The molecule has 0 bridgehead atoms. The van der Waals surface area contributed by atoms with E-state index in [4.69, 9.17) is 10.9 Å². The molecule has 3 N–H and O–H groups in total. The highest BCUT2D eigenvalue weighted by Gasteiger charge is 2.44. The van der Waals surface area contributed by atoms with Crippen molar-refractivity contribution in [3.05, 3.63) is 18.2 Å². The van der Waals surface area contributed by atoms with Gasteiger partial charge in [-0.05, 0) is 0 Å². The van der Waals surface area contributed by atoms with Crippen molar-refractivity contribution in [3.63, 3.8) is 0 Å². The van der Waals surface area contributed by atoms with Gasteiger partial charge < -0.3 is 15.5 Å². The number of oxime groups is 1. The minimum atomic E-state index is -4.54. The summed E-state index contributed by atoms with van der Waals surface area (Å²) >= 11 is 0. The van der Waals surface area contributed by atoms with E-state index >= 15 is 0 Å². The lowest BCUT2D eigenvalue weighted by Crippen LogP contribution is -2.46. The van der Waals surface area contributed by atoms with Gasteiger partial charge in [-0.2, -0.15) is 13.2 Å². The number of halogens is 3. The zero-order valence-electron chi connectivity index (χ0n) is 10.0. The van der Waals surface area contributed by atoms with Crippen molar-refractivity contribution < 1.29 is 18.4 Å². The predicted octanol–water partition coefficient (Wildman–Crippen LogP) is 0.624. The second-order valence-corrected chi connectivity index (χ2v) is 4.39. The van der Waals surface area contributed by atoms with E-state index in [2.05, 4.69) is 10.1 Å². The molecule has 1 unspecified atom stereocenters. The van der Waals surface area contributed by atoms with E-state index in [0.717, 1.165) is 0 Å². The maximum Gasteiger partial charge on any atom is 0.400 e. The van der Waals surface area contributed by atoms with Gasteiger partial charge in [0.15, 0.2) is 5.84 Å². The zero-order chi connectivity index (χ0) is 14.0. The number of hydrogen-bond donors (Lipinski definition) is 2. The van der Waals surface area contributed by atoms with Gasteiger partial charge in [0.05, 0.1) is 6.54 Å². The third-order valence-electron chi connectivity index (χ3n) is 3.13. The Kier molecular flexibility index (Phi) is 3.65. The molecule has 2 rings (SSSR count). The third-order valence-corrected chi connectivity index (χ3v) is 3.13. The molecule has 0 amide bonds. The molecule has 1 aliphatic rings. The molecule has 0 saturated carbocycles. The van der Waals surface area contributed by atoms with Gasteiger partial charge in [0.2, 0.25) is 0 Å². The Bertz CT molecular complexity index is 470. The van der Waals surface area contributed by atoms with Crippen LogP contribution in [0.4, 0.5) is 13.2 Å². The van der Waals surface area contributed by atoms with Gasteiger partial charge in [-0.25, -0.2) is 4.98 Å². The van der Waals surface area contributed by atoms with Crippen molar-refractivity contribution in [2.75, 3.05) is 13.1 Å². The van der Waals surface area contributed by atoms with Crippen LogP contribution >= 0.6 is 0 Å². The zero-order valence-corrected chi connectivity index (χ0v) is 10.0. The quantitative estimate of drug-likeness (QED) is 0.367. The Morgan fingerprint density at radius 2 is 2.26 bits per heavy atom. The molecule has 0 spiro atoms. The third kappa shape index (κ3) is 2.98. The average molecular weight is 277 g/mol. The van der Waals surface area contributed by atoms with Gasteiger partial charge in [0.1, 0.15) is 11.7 Å². The molecule has 106 valence electrons. The maximum atomic E-state index is 12.8. The number of aromatic nitrogens is 2. The van der Waals surface area contributed by atoms with Crippen molar-refractivity contribution >= 4 is 5.84 Å². The monoisotopic (exact) mass is 277 g/mol. The summed E-state index contributed by atoms with van der Waals surface area (Å²) in [5.74, 6) is -2.08. The summed E-state index contributed by atoms with van der Waals surface area (Å²) in [5.41, 5.74) is 5.13. The maximum absolute atomic E-state index is 12.8. The van der Waals surface area contributed by atoms with Gasteiger partial charge in [0.25, 0.3) is 0 Å². The first-order valence-corrected chi connectivity index (χ1v) is 5.68. The van der Waals surface area contributed by atoms with Crippen LogP contribution in [0.3, 0.4) is 0 Å². The van der Waals surface area contributed by atoms with Gasteiger partial charge in [0, 0.05) is 32.0 Å². The van der Waals surface area contributed by atoms with Crippen LogP contribution in [0.25, 0.3) is 0 Å². The predicted molar refractivity (Wildman–Crippen MR) is 60.5 cm³/mol. The number of alkyl halides is 3. The summed E-state index contributed by atoms with van der Waals surface area (Å²) < 4.78 is 40.4. The van der Waals surface area contributed by atoms with Gasteiger partial charge >= 0.3 is 6.18 Å². The molecular formula is C10H14F3N5O. The molecule has 2 heterocycles. The van der Waals surface area contributed by atoms with Gasteiger partial charge in [-0.15, -0.1) is 0 Å². The van der Waals surface area contributed by atoms with Crippen LogP contribution in [0, 0.1) is 5.92 Å². The Balaban J connectivity index is 2.07. The molecule has 6 nitrogen and oxygen atoms in total. The molecule has 0 saturated heterocycles. The SMILES string of the molecule is N/C(=N/O)C(CN1CCn2ccnc2C1)C(F)(F)F. The van der Waals surface area contributed by atoms with Crippen LogP contribution in [0.1, 0.15) is 5.82 Å². The summed E-state index contributed by atoms with van der Waals surface area (Å²) in [6.45, 7) is 1.02. The van der Waals surface area contributed by atoms with Crippen molar-refractivity contribution in [2.45, 2.75) is 19.3 Å². The topological polar surface area (TPSA) is 79.7 Å². The number of imidazole rings is 1. The molecule has 0 aliphatic carbocycles. The fraction of sp³-hybridized carbons (Fsp3) is 0.600. The van der Waals surface area contributed by atoms with Crippen molar-refractivity contribution in [3.8, 4) is 0 Å². The summed E-state index contributed by atoms with van der Waals surface area (Å²) in [4.78, 5) is 5.67. The lowest BCUT2D eigenvalue weighted by atomic mass is 10.1. The number of amidine groups is 1. The van der Waals surface area contributed by atoms with Crippen LogP contribution in [-0.2, 0) is 13.1 Å². The van der Waals surface area contributed by atoms with E-state index in [1.54, 1.807) is 17.3 Å². The number of fused-ring (bicyclic) bond motifs is 1. The molecule has 19 heavy (non-hydrogen) atoms. The number of nitrogens with zero attached hydrogens (tertiary/aromatic N) is 4. The van der Waals surface area contributed by atoms with E-state index in [0.29, 0.717) is 25.5 Å².